The highest BCUT2D eigenvalue weighted by Crippen LogP contribution is 2.38. The van der Waals surface area contributed by atoms with Crippen LogP contribution >= 0.6 is 0 Å². The molecule has 1 aromatic rings. The van der Waals surface area contributed by atoms with Crippen LogP contribution in [0.3, 0.4) is 0 Å². The number of methoxy groups -OCH3 is 1. The number of carbonyl (C=O) groups is 1. The number of carboxylic acid groups (broad SMARTS) is 1. The Morgan fingerprint density at radius 3 is 2.59 bits per heavy atom. The number of phenols is 2. The molecule has 1 aromatic carbocycles. The molecule has 5 N–H and O–H groups in total. The van der Waals surface area contributed by atoms with E-state index < -0.39 is 11.9 Å². The number of carboxylic acids is 1. The van der Waals surface area contributed by atoms with Crippen LogP contribution in [0.25, 0.3) is 0 Å². The molecule has 0 bridgehead atoms. The minimum absolute atomic E-state index is 0.0869. The van der Waals surface area contributed by atoms with E-state index in [2.05, 4.69) is 0 Å². The Morgan fingerprint density at radius 2 is 2.12 bits per heavy atom. The molecule has 0 spiro atoms. The largest absolute Gasteiger partial charge is 0.504 e. The van der Waals surface area contributed by atoms with Gasteiger partial charge in [-0.2, -0.15) is 0 Å². The van der Waals surface area contributed by atoms with Crippen molar-refractivity contribution < 1.29 is 24.9 Å². The quantitative estimate of drug-likeness (QED) is 0.562. The fourth-order valence-corrected chi connectivity index (χ4v) is 1.55. The van der Waals surface area contributed by atoms with Crippen LogP contribution in [-0.2, 0) is 4.79 Å². The van der Waals surface area contributed by atoms with Crippen molar-refractivity contribution >= 4 is 5.97 Å². The van der Waals surface area contributed by atoms with Gasteiger partial charge in [0.1, 0.15) is 0 Å². The van der Waals surface area contributed by atoms with Gasteiger partial charge in [-0.3, -0.25) is 4.79 Å². The van der Waals surface area contributed by atoms with Crippen molar-refractivity contribution in [3.63, 3.8) is 0 Å². The van der Waals surface area contributed by atoms with Crippen molar-refractivity contribution in [3.8, 4) is 17.2 Å². The van der Waals surface area contributed by atoms with E-state index in [1.807, 2.05) is 0 Å². The van der Waals surface area contributed by atoms with Crippen LogP contribution in [-0.4, -0.2) is 34.9 Å². The molecule has 1 atom stereocenters. The van der Waals surface area contributed by atoms with Gasteiger partial charge in [0.25, 0.3) is 0 Å². The second-order valence-electron chi connectivity index (χ2n) is 3.62. The summed E-state index contributed by atoms with van der Waals surface area (Å²) >= 11 is 0. The average molecular weight is 241 g/mol. The molecule has 6 heteroatoms. The molecule has 0 saturated carbocycles. The van der Waals surface area contributed by atoms with E-state index in [1.54, 1.807) is 0 Å². The molecular formula is C11H15NO5. The topological polar surface area (TPSA) is 113 Å². The van der Waals surface area contributed by atoms with Crippen molar-refractivity contribution in [2.24, 2.45) is 5.73 Å². The number of rotatable bonds is 5. The lowest BCUT2D eigenvalue weighted by Crippen LogP contribution is -2.16. The summed E-state index contributed by atoms with van der Waals surface area (Å²) in [5.41, 5.74) is 6.00. The molecule has 0 heterocycles. The zero-order chi connectivity index (χ0) is 13.0. The van der Waals surface area contributed by atoms with E-state index >= 15 is 0 Å². The molecule has 0 radical (unpaired) electrons. The predicted molar refractivity (Wildman–Crippen MR) is 60.4 cm³/mol. The van der Waals surface area contributed by atoms with E-state index in [0.29, 0.717) is 5.56 Å². The maximum Gasteiger partial charge on any atom is 0.304 e. The van der Waals surface area contributed by atoms with Crippen molar-refractivity contribution in [2.75, 3.05) is 13.7 Å². The van der Waals surface area contributed by atoms with E-state index in [-0.39, 0.29) is 30.2 Å². The zero-order valence-corrected chi connectivity index (χ0v) is 9.38. The molecule has 17 heavy (non-hydrogen) atoms. The molecule has 6 nitrogen and oxygen atoms in total. The molecule has 0 amide bonds. The van der Waals surface area contributed by atoms with Gasteiger partial charge in [0.15, 0.2) is 11.5 Å². The third kappa shape index (κ3) is 3.01. The standard InChI is InChI=1S/C11H15NO5/c1-17-9-3-6(2-8(13)11(9)16)7(5-12)4-10(14)15/h2-3,7,13,16H,4-5,12H2,1H3,(H,14,15). The fraction of sp³-hybridized carbons (Fsp3) is 0.364. The molecule has 0 aliphatic rings. The van der Waals surface area contributed by atoms with Crippen LogP contribution in [0.4, 0.5) is 0 Å². The number of hydrogen-bond acceptors (Lipinski definition) is 5. The molecule has 1 unspecified atom stereocenters. The van der Waals surface area contributed by atoms with Gasteiger partial charge in [-0.05, 0) is 24.2 Å². The molecule has 0 aliphatic carbocycles. The molecular weight excluding hydrogens is 226 g/mol. The van der Waals surface area contributed by atoms with Gasteiger partial charge < -0.3 is 25.8 Å². The lowest BCUT2D eigenvalue weighted by Gasteiger charge is -2.15. The summed E-state index contributed by atoms with van der Waals surface area (Å²) < 4.78 is 4.87. The minimum atomic E-state index is -0.980. The second-order valence-corrected chi connectivity index (χ2v) is 3.62. The number of ether oxygens (including phenoxy) is 1. The summed E-state index contributed by atoms with van der Waals surface area (Å²) in [6, 6.07) is 2.76. The van der Waals surface area contributed by atoms with Gasteiger partial charge >= 0.3 is 5.97 Å². The fourth-order valence-electron chi connectivity index (χ4n) is 1.55. The second kappa shape index (κ2) is 5.40. The third-order valence-electron chi connectivity index (χ3n) is 2.47. The van der Waals surface area contributed by atoms with Crippen LogP contribution in [0.1, 0.15) is 17.9 Å². The summed E-state index contributed by atoms with van der Waals surface area (Å²) in [5, 5.41) is 27.6. The average Bonchev–Trinajstić information content (AvgIpc) is 2.29. The SMILES string of the molecule is COc1cc(C(CN)CC(=O)O)cc(O)c1O. The molecule has 1 rings (SSSR count). The van der Waals surface area contributed by atoms with E-state index in [0.717, 1.165) is 0 Å². The monoisotopic (exact) mass is 241 g/mol. The Labute approximate surface area is 98.3 Å². The zero-order valence-electron chi connectivity index (χ0n) is 9.38. The lowest BCUT2D eigenvalue weighted by atomic mass is 9.95. The van der Waals surface area contributed by atoms with Crippen molar-refractivity contribution in [3.05, 3.63) is 17.7 Å². The van der Waals surface area contributed by atoms with Gasteiger partial charge in [-0.1, -0.05) is 0 Å². The first-order valence-corrected chi connectivity index (χ1v) is 5.01. The first kappa shape index (κ1) is 13.1. The number of aromatic hydroxyl groups is 2. The first-order valence-electron chi connectivity index (χ1n) is 5.01. The highest BCUT2D eigenvalue weighted by molar-refractivity contribution is 5.68. The normalized spacial score (nSPS) is 12.1. The van der Waals surface area contributed by atoms with Crippen LogP contribution < -0.4 is 10.5 Å². The Morgan fingerprint density at radius 1 is 1.47 bits per heavy atom. The highest BCUT2D eigenvalue weighted by atomic mass is 16.5. The van der Waals surface area contributed by atoms with Crippen LogP contribution in [0.15, 0.2) is 12.1 Å². The van der Waals surface area contributed by atoms with Gasteiger partial charge in [-0.15, -0.1) is 0 Å². The third-order valence-corrected chi connectivity index (χ3v) is 2.47. The summed E-state index contributed by atoms with van der Waals surface area (Å²) in [6.45, 7) is 0.125. The number of aliphatic carboxylic acids is 1. The lowest BCUT2D eigenvalue weighted by molar-refractivity contribution is -0.137. The van der Waals surface area contributed by atoms with E-state index in [4.69, 9.17) is 15.6 Å². The molecule has 0 fully saturated rings. The van der Waals surface area contributed by atoms with Crippen molar-refractivity contribution in [2.45, 2.75) is 12.3 Å². The van der Waals surface area contributed by atoms with Gasteiger partial charge in [0, 0.05) is 5.92 Å². The predicted octanol–water partition coefficient (Wildman–Crippen LogP) is 0.623. The Kier molecular flexibility index (Phi) is 4.17. The molecule has 0 aliphatic heterocycles. The molecule has 94 valence electrons. The smallest absolute Gasteiger partial charge is 0.304 e. The van der Waals surface area contributed by atoms with Crippen LogP contribution in [0, 0.1) is 0 Å². The van der Waals surface area contributed by atoms with Gasteiger partial charge in [0.2, 0.25) is 5.75 Å². The summed E-state index contributed by atoms with van der Waals surface area (Å²) in [5.74, 6) is -2.06. The number of benzene rings is 1. The highest BCUT2D eigenvalue weighted by Gasteiger charge is 2.18. The van der Waals surface area contributed by atoms with E-state index in [1.165, 1.54) is 19.2 Å². The van der Waals surface area contributed by atoms with Crippen molar-refractivity contribution in [1.82, 2.24) is 0 Å². The number of nitrogens with two attached hydrogens (primary N) is 1. The summed E-state index contributed by atoms with van der Waals surface area (Å²) in [7, 11) is 1.34. The van der Waals surface area contributed by atoms with Gasteiger partial charge in [-0.25, -0.2) is 0 Å². The Bertz CT molecular complexity index is 419. The number of hydrogen-bond donors (Lipinski definition) is 4. The maximum atomic E-state index is 10.6. The summed E-state index contributed by atoms with van der Waals surface area (Å²) in [6.07, 6.45) is -0.149. The Hall–Kier alpha value is -1.95. The number of phenolic OH excluding ortho intramolecular Hbond substituents is 2. The molecule has 0 aromatic heterocycles. The Balaban J connectivity index is 3.11. The van der Waals surface area contributed by atoms with Gasteiger partial charge in [0.05, 0.1) is 13.5 Å². The van der Waals surface area contributed by atoms with Crippen molar-refractivity contribution in [1.29, 1.82) is 0 Å². The van der Waals surface area contributed by atoms with Crippen LogP contribution in [0.5, 0.6) is 17.2 Å². The summed E-state index contributed by atoms with van der Waals surface area (Å²) in [4.78, 5) is 10.6. The minimum Gasteiger partial charge on any atom is -0.504 e. The first-order chi connectivity index (χ1) is 7.99. The van der Waals surface area contributed by atoms with Crippen LogP contribution in [0.2, 0.25) is 0 Å². The van der Waals surface area contributed by atoms with E-state index in [9.17, 15) is 15.0 Å². The molecule has 0 saturated heterocycles. The maximum absolute atomic E-state index is 10.6.